The van der Waals surface area contributed by atoms with Crippen molar-refractivity contribution in [3.8, 4) is 0 Å². The molecule has 4 saturated carbocycles. The maximum atomic E-state index is 10.5. The average Bonchev–Trinajstić information content (AvgIpc) is 3.37. The highest BCUT2D eigenvalue weighted by atomic mass is 16.7. The van der Waals surface area contributed by atoms with Gasteiger partial charge in [0.15, 0.2) is 12.1 Å². The maximum absolute atomic E-state index is 10.5. The van der Waals surface area contributed by atoms with Gasteiger partial charge in [0.1, 0.15) is 18.3 Å². The van der Waals surface area contributed by atoms with E-state index in [2.05, 4.69) is 27.7 Å². The first kappa shape index (κ1) is 28.5. The van der Waals surface area contributed by atoms with E-state index in [1.807, 2.05) is 0 Å². The Labute approximate surface area is 240 Å². The Balaban J connectivity index is 1.03. The van der Waals surface area contributed by atoms with Gasteiger partial charge in [0.2, 0.25) is 0 Å². The first-order valence-corrected chi connectivity index (χ1v) is 16.6. The fraction of sp³-hybridized carbons (Fsp3) is 1.00. The fourth-order valence-electron chi connectivity index (χ4n) is 11.7. The fourth-order valence-corrected chi connectivity index (χ4v) is 11.7. The summed E-state index contributed by atoms with van der Waals surface area (Å²) in [5, 5.41) is 30.8. The van der Waals surface area contributed by atoms with Crippen molar-refractivity contribution >= 4 is 0 Å². The van der Waals surface area contributed by atoms with E-state index in [1.54, 1.807) is 6.92 Å². The molecule has 7 aliphatic rings. The summed E-state index contributed by atoms with van der Waals surface area (Å²) in [5.41, 5.74) is 0.675. The third-order valence-corrected chi connectivity index (χ3v) is 14.0. The van der Waals surface area contributed by atoms with Crippen molar-refractivity contribution < 1.29 is 34.3 Å². The number of fused-ring (bicyclic) bond motifs is 7. The van der Waals surface area contributed by atoms with Crippen molar-refractivity contribution in [2.24, 2.45) is 52.3 Å². The normalized spacial score (nSPS) is 61.5. The summed E-state index contributed by atoms with van der Waals surface area (Å²) in [5.74, 6) is 4.28. The van der Waals surface area contributed by atoms with Crippen molar-refractivity contribution in [3.63, 3.8) is 0 Å². The Kier molecular flexibility index (Phi) is 7.03. The molecule has 0 radical (unpaired) electrons. The highest BCUT2D eigenvalue weighted by Gasteiger charge is 2.69. The molecule has 7 fully saturated rings. The minimum Gasteiger partial charge on any atom is -0.388 e. The van der Waals surface area contributed by atoms with Crippen molar-refractivity contribution in [2.75, 3.05) is 6.61 Å². The van der Waals surface area contributed by atoms with Crippen LogP contribution in [-0.4, -0.2) is 70.6 Å². The Bertz CT molecular complexity index is 951. The first-order valence-electron chi connectivity index (χ1n) is 16.6. The predicted octanol–water partition coefficient (Wildman–Crippen LogP) is 4.65. The highest BCUT2D eigenvalue weighted by molar-refractivity contribution is 5.15. The summed E-state index contributed by atoms with van der Waals surface area (Å²) in [4.78, 5) is 0. The van der Waals surface area contributed by atoms with Crippen molar-refractivity contribution in [3.05, 3.63) is 0 Å². The molecule has 0 unspecified atom stereocenters. The third kappa shape index (κ3) is 4.07. The van der Waals surface area contributed by atoms with Crippen LogP contribution in [0.4, 0.5) is 0 Å². The molecule has 4 aliphatic carbocycles. The van der Waals surface area contributed by atoms with Gasteiger partial charge in [0.25, 0.3) is 0 Å². The maximum Gasteiger partial charge on any atom is 0.186 e. The Morgan fingerprint density at radius 1 is 0.775 bits per heavy atom. The molecule has 0 bridgehead atoms. The van der Waals surface area contributed by atoms with E-state index in [0.29, 0.717) is 40.6 Å². The SMILES string of the molecule is C[C@@H]1CC[C@@]2(OC1)O[C@H]1C[C@H]3[C@@H]4CC[C@H]5C[C@@H](O[C@H]6O[C@@H](C)[C@@H](O)[C@@H](O)[C@@H]6O)CC[C@]5(C)[C@H]4CC[C@]3(C)[C@H]1[C@@H]2C. The second kappa shape index (κ2) is 9.87. The van der Waals surface area contributed by atoms with Gasteiger partial charge < -0.3 is 34.3 Å². The Morgan fingerprint density at radius 2 is 1.55 bits per heavy atom. The molecular formula is C33H54O7. The zero-order chi connectivity index (χ0) is 28.2. The van der Waals surface area contributed by atoms with Crippen LogP contribution in [0.5, 0.6) is 0 Å². The molecule has 3 aliphatic heterocycles. The number of hydrogen-bond donors (Lipinski definition) is 3. The van der Waals surface area contributed by atoms with Gasteiger partial charge in [-0.25, -0.2) is 0 Å². The van der Waals surface area contributed by atoms with E-state index in [9.17, 15) is 15.3 Å². The van der Waals surface area contributed by atoms with E-state index >= 15 is 0 Å². The molecule has 0 aromatic carbocycles. The van der Waals surface area contributed by atoms with E-state index in [0.717, 1.165) is 50.0 Å². The zero-order valence-electron chi connectivity index (χ0n) is 25.3. The van der Waals surface area contributed by atoms with Crippen LogP contribution in [-0.2, 0) is 18.9 Å². The molecule has 228 valence electrons. The van der Waals surface area contributed by atoms with Crippen LogP contribution in [0, 0.1) is 52.3 Å². The lowest BCUT2D eigenvalue weighted by Gasteiger charge is -2.61. The van der Waals surface area contributed by atoms with Crippen LogP contribution >= 0.6 is 0 Å². The number of aliphatic hydroxyl groups is 3. The summed E-state index contributed by atoms with van der Waals surface area (Å²) < 4.78 is 25.5. The van der Waals surface area contributed by atoms with Gasteiger partial charge in [0.05, 0.1) is 24.9 Å². The summed E-state index contributed by atoms with van der Waals surface area (Å²) in [7, 11) is 0. The molecule has 7 nitrogen and oxygen atoms in total. The van der Waals surface area contributed by atoms with Crippen molar-refractivity contribution in [2.45, 2.75) is 148 Å². The predicted molar refractivity (Wildman–Crippen MR) is 149 cm³/mol. The summed E-state index contributed by atoms with van der Waals surface area (Å²) in [6, 6.07) is 0. The smallest absolute Gasteiger partial charge is 0.186 e. The zero-order valence-corrected chi connectivity index (χ0v) is 25.3. The van der Waals surface area contributed by atoms with E-state index in [1.165, 1.54) is 38.5 Å². The molecule has 0 aromatic rings. The average molecular weight is 563 g/mol. The summed E-state index contributed by atoms with van der Waals surface area (Å²) in [6.45, 7) is 12.5. The molecule has 17 atom stereocenters. The lowest BCUT2D eigenvalue weighted by molar-refractivity contribution is -0.309. The standard InChI is InChI=1S/C33H54O7/c1-17-8-13-33(37-16-17)18(2)26-25(40-33)15-24-22-7-6-20-14-21(39-30-29(36)28(35)27(34)19(3)38-30)9-11-31(20,4)23(22)10-12-32(24,26)5/h17-30,34-36H,6-16H2,1-5H3/t17-,18+,19+,20+,21+,22-,23+,24+,25+,26+,27-,28-,29+,30-,31+,32+,33-/m1/s1. The molecular weight excluding hydrogens is 508 g/mol. The Hall–Kier alpha value is -0.280. The lowest BCUT2D eigenvalue weighted by atomic mass is 9.44. The molecule has 3 heterocycles. The molecule has 7 rings (SSSR count). The quantitative estimate of drug-likeness (QED) is 0.422. The summed E-state index contributed by atoms with van der Waals surface area (Å²) >= 11 is 0. The molecule has 3 N–H and O–H groups in total. The van der Waals surface area contributed by atoms with Crippen molar-refractivity contribution in [1.29, 1.82) is 0 Å². The summed E-state index contributed by atoms with van der Waals surface area (Å²) in [6.07, 6.45) is 7.12. The van der Waals surface area contributed by atoms with E-state index in [-0.39, 0.29) is 11.9 Å². The molecule has 1 spiro atoms. The van der Waals surface area contributed by atoms with Crippen LogP contribution in [0.2, 0.25) is 0 Å². The molecule has 0 aromatic heterocycles. The number of aliphatic hydroxyl groups excluding tert-OH is 3. The first-order chi connectivity index (χ1) is 19.0. The minimum absolute atomic E-state index is 0.0206. The Morgan fingerprint density at radius 3 is 2.30 bits per heavy atom. The van der Waals surface area contributed by atoms with Gasteiger partial charge in [-0.15, -0.1) is 0 Å². The van der Waals surface area contributed by atoms with Crippen LogP contribution in [0.3, 0.4) is 0 Å². The lowest BCUT2D eigenvalue weighted by Crippen LogP contribution is -2.59. The topological polar surface area (TPSA) is 97.6 Å². The molecule has 40 heavy (non-hydrogen) atoms. The van der Waals surface area contributed by atoms with Gasteiger partial charge in [-0.1, -0.05) is 27.7 Å². The largest absolute Gasteiger partial charge is 0.388 e. The number of ether oxygens (including phenoxy) is 4. The van der Waals surface area contributed by atoms with Crippen LogP contribution in [0.15, 0.2) is 0 Å². The molecule has 7 heteroatoms. The third-order valence-electron chi connectivity index (χ3n) is 14.0. The minimum atomic E-state index is -1.24. The van der Waals surface area contributed by atoms with E-state index in [4.69, 9.17) is 18.9 Å². The van der Waals surface area contributed by atoms with E-state index < -0.39 is 30.7 Å². The number of rotatable bonds is 2. The van der Waals surface area contributed by atoms with Crippen LogP contribution in [0.25, 0.3) is 0 Å². The van der Waals surface area contributed by atoms with Gasteiger partial charge in [-0.05, 0) is 111 Å². The van der Waals surface area contributed by atoms with Crippen LogP contribution < -0.4 is 0 Å². The monoisotopic (exact) mass is 562 g/mol. The highest BCUT2D eigenvalue weighted by Crippen LogP contribution is 2.71. The second-order valence-electron chi connectivity index (χ2n) is 15.9. The van der Waals surface area contributed by atoms with Gasteiger partial charge in [-0.2, -0.15) is 0 Å². The van der Waals surface area contributed by atoms with Crippen molar-refractivity contribution in [1.82, 2.24) is 0 Å². The van der Waals surface area contributed by atoms with Crippen LogP contribution in [0.1, 0.15) is 98.8 Å². The molecule has 0 amide bonds. The second-order valence-corrected chi connectivity index (χ2v) is 15.9. The molecule has 3 saturated heterocycles. The van der Waals surface area contributed by atoms with Gasteiger partial charge >= 0.3 is 0 Å². The number of hydrogen-bond acceptors (Lipinski definition) is 7. The van der Waals surface area contributed by atoms with Gasteiger partial charge in [0, 0.05) is 12.3 Å². The van der Waals surface area contributed by atoms with Gasteiger partial charge in [-0.3, -0.25) is 0 Å².